The Bertz CT molecular complexity index is 1100. The van der Waals surface area contributed by atoms with Crippen molar-refractivity contribution in [2.45, 2.75) is 44.2 Å². The fourth-order valence-electron chi connectivity index (χ4n) is 3.77. The number of imidazole rings is 1. The monoisotopic (exact) mass is 425 g/mol. The maximum absolute atomic E-state index is 13.1. The van der Waals surface area contributed by atoms with Gasteiger partial charge in [-0.1, -0.05) is 30.7 Å². The summed E-state index contributed by atoms with van der Waals surface area (Å²) in [5, 5.41) is 3.24. The van der Waals surface area contributed by atoms with Crippen molar-refractivity contribution in [3.63, 3.8) is 0 Å². The van der Waals surface area contributed by atoms with Gasteiger partial charge in [-0.2, -0.15) is 4.31 Å². The van der Waals surface area contributed by atoms with Crippen molar-refractivity contribution in [2.24, 2.45) is 0 Å². The van der Waals surface area contributed by atoms with E-state index >= 15 is 0 Å². The number of aryl methyl sites for hydroxylation is 1. The van der Waals surface area contributed by atoms with E-state index in [1.807, 2.05) is 25.3 Å². The summed E-state index contributed by atoms with van der Waals surface area (Å²) in [5.41, 5.74) is 2.23. The lowest BCUT2D eigenvalue weighted by Crippen LogP contribution is -2.36. The van der Waals surface area contributed by atoms with Gasteiger partial charge in [0.05, 0.1) is 0 Å². The molecular formula is C22H27N5O2S. The zero-order valence-corrected chi connectivity index (χ0v) is 18.0. The summed E-state index contributed by atoms with van der Waals surface area (Å²) in [6.45, 7) is 4.38. The van der Waals surface area contributed by atoms with Crippen LogP contribution in [0.25, 0.3) is 0 Å². The molecule has 1 aromatic carbocycles. The maximum atomic E-state index is 13.1. The minimum absolute atomic E-state index is 0.247. The van der Waals surface area contributed by atoms with Crippen LogP contribution in [0.1, 0.15) is 36.2 Å². The molecule has 8 heteroatoms. The maximum Gasteiger partial charge on any atom is 0.246 e. The van der Waals surface area contributed by atoms with Crippen LogP contribution >= 0.6 is 0 Å². The molecule has 7 nitrogen and oxygen atoms in total. The van der Waals surface area contributed by atoms with Crippen LogP contribution in [0.5, 0.6) is 0 Å². The predicted molar refractivity (Wildman–Crippen MR) is 117 cm³/mol. The highest BCUT2D eigenvalue weighted by molar-refractivity contribution is 7.89. The molecule has 0 aliphatic carbocycles. The summed E-state index contributed by atoms with van der Waals surface area (Å²) in [7, 11) is -3.55. The molecule has 158 valence electrons. The van der Waals surface area contributed by atoms with Crippen molar-refractivity contribution in [1.29, 1.82) is 0 Å². The highest BCUT2D eigenvalue weighted by atomic mass is 32.2. The van der Waals surface area contributed by atoms with Gasteiger partial charge in [-0.05, 0) is 43.0 Å². The minimum atomic E-state index is -3.55. The van der Waals surface area contributed by atoms with Gasteiger partial charge >= 0.3 is 0 Å². The van der Waals surface area contributed by atoms with Crippen molar-refractivity contribution in [3.8, 4) is 0 Å². The number of pyridine rings is 1. The van der Waals surface area contributed by atoms with E-state index < -0.39 is 10.0 Å². The summed E-state index contributed by atoms with van der Waals surface area (Å²) >= 11 is 0. The van der Waals surface area contributed by atoms with Crippen LogP contribution in [0, 0.1) is 6.92 Å². The highest BCUT2D eigenvalue weighted by Gasteiger charge is 2.28. The molecule has 0 saturated carbocycles. The molecule has 1 saturated heterocycles. The second kappa shape index (κ2) is 8.97. The molecule has 0 spiro atoms. The summed E-state index contributed by atoms with van der Waals surface area (Å²) in [5.74, 6) is 1.37. The third kappa shape index (κ3) is 4.55. The molecule has 0 bridgehead atoms. The van der Waals surface area contributed by atoms with Crippen molar-refractivity contribution >= 4 is 15.8 Å². The number of rotatable bonds is 7. The number of aromatic nitrogens is 3. The Balaban J connectivity index is 1.49. The molecule has 2 aromatic heterocycles. The molecule has 1 N–H and O–H groups in total. The second-order valence-corrected chi connectivity index (χ2v) is 9.50. The quantitative estimate of drug-likeness (QED) is 0.627. The molecule has 1 fully saturated rings. The van der Waals surface area contributed by atoms with Crippen LogP contribution in [-0.4, -0.2) is 40.3 Å². The first kappa shape index (κ1) is 20.6. The zero-order valence-electron chi connectivity index (χ0n) is 17.2. The number of piperidine rings is 1. The zero-order chi connectivity index (χ0) is 21.0. The SMILES string of the molecule is Cc1nccn1Cc1cccc(CNc2ncccc2S(=O)(=O)N2CCCCC2)c1. The molecule has 0 atom stereocenters. The molecule has 3 aromatic rings. The topological polar surface area (TPSA) is 80.1 Å². The standard InChI is InChI=1S/C22H27N5O2S/c1-18-23-11-14-26(18)17-20-8-5-7-19(15-20)16-25-22-21(9-6-10-24-22)30(28,29)27-12-3-2-4-13-27/h5-11,14-15H,2-4,12-13,16-17H2,1H3,(H,24,25). The number of hydrogen-bond acceptors (Lipinski definition) is 5. The summed E-state index contributed by atoms with van der Waals surface area (Å²) in [6.07, 6.45) is 8.28. The summed E-state index contributed by atoms with van der Waals surface area (Å²) in [4.78, 5) is 8.83. The molecule has 4 rings (SSSR count). The minimum Gasteiger partial charge on any atom is -0.365 e. The van der Waals surface area contributed by atoms with E-state index in [0.29, 0.717) is 25.5 Å². The molecule has 30 heavy (non-hydrogen) atoms. The molecule has 0 amide bonds. The van der Waals surface area contributed by atoms with E-state index in [1.54, 1.807) is 28.8 Å². The number of sulfonamides is 1. The van der Waals surface area contributed by atoms with Crippen LogP contribution in [0.15, 0.2) is 59.9 Å². The Morgan fingerprint density at radius 2 is 1.80 bits per heavy atom. The predicted octanol–water partition coefficient (Wildman–Crippen LogP) is 3.42. The molecule has 0 unspecified atom stereocenters. The van der Waals surface area contributed by atoms with Gasteiger partial charge < -0.3 is 9.88 Å². The number of benzene rings is 1. The highest BCUT2D eigenvalue weighted by Crippen LogP contribution is 2.25. The smallest absolute Gasteiger partial charge is 0.246 e. The van der Waals surface area contributed by atoms with Gasteiger partial charge in [0.2, 0.25) is 10.0 Å². The lowest BCUT2D eigenvalue weighted by molar-refractivity contribution is 0.346. The van der Waals surface area contributed by atoms with E-state index in [-0.39, 0.29) is 4.90 Å². The number of anilines is 1. The van der Waals surface area contributed by atoms with Crippen LogP contribution in [0.3, 0.4) is 0 Å². The number of nitrogens with one attached hydrogen (secondary N) is 1. The number of nitrogens with zero attached hydrogens (tertiary/aromatic N) is 4. The van der Waals surface area contributed by atoms with Gasteiger partial charge in [-0.3, -0.25) is 0 Å². The average Bonchev–Trinajstić information content (AvgIpc) is 3.17. The van der Waals surface area contributed by atoms with Gasteiger partial charge in [0.1, 0.15) is 16.5 Å². The van der Waals surface area contributed by atoms with E-state index in [2.05, 4.69) is 32.0 Å². The van der Waals surface area contributed by atoms with E-state index in [0.717, 1.165) is 42.8 Å². The fourth-order valence-corrected chi connectivity index (χ4v) is 5.40. The van der Waals surface area contributed by atoms with E-state index in [4.69, 9.17) is 0 Å². The molecule has 1 aliphatic rings. The first-order chi connectivity index (χ1) is 14.5. The van der Waals surface area contributed by atoms with Crippen molar-refractivity contribution in [3.05, 3.63) is 71.9 Å². The van der Waals surface area contributed by atoms with Gasteiger partial charge in [-0.25, -0.2) is 18.4 Å². The third-order valence-corrected chi connectivity index (χ3v) is 7.36. The van der Waals surface area contributed by atoms with Crippen molar-refractivity contribution in [1.82, 2.24) is 18.8 Å². The van der Waals surface area contributed by atoms with Crippen LogP contribution in [-0.2, 0) is 23.1 Å². The van der Waals surface area contributed by atoms with Crippen molar-refractivity contribution < 1.29 is 8.42 Å². The van der Waals surface area contributed by atoms with Gasteiger partial charge in [0.15, 0.2) is 0 Å². The molecule has 1 aliphatic heterocycles. The van der Waals surface area contributed by atoms with Crippen LogP contribution in [0.2, 0.25) is 0 Å². The first-order valence-electron chi connectivity index (χ1n) is 10.3. The van der Waals surface area contributed by atoms with Crippen LogP contribution < -0.4 is 5.32 Å². The first-order valence-corrected chi connectivity index (χ1v) is 11.7. The average molecular weight is 426 g/mol. The molecule has 0 radical (unpaired) electrons. The fraction of sp³-hybridized carbons (Fsp3) is 0.364. The lowest BCUT2D eigenvalue weighted by Gasteiger charge is -2.26. The Morgan fingerprint density at radius 3 is 2.57 bits per heavy atom. The number of hydrogen-bond donors (Lipinski definition) is 1. The van der Waals surface area contributed by atoms with E-state index in [1.165, 1.54) is 0 Å². The second-order valence-electron chi connectivity index (χ2n) is 7.59. The normalized spacial score (nSPS) is 15.2. The lowest BCUT2D eigenvalue weighted by atomic mass is 10.1. The van der Waals surface area contributed by atoms with Gasteiger partial charge in [-0.15, -0.1) is 0 Å². The van der Waals surface area contributed by atoms with Crippen molar-refractivity contribution in [2.75, 3.05) is 18.4 Å². The Labute approximate surface area is 177 Å². The Morgan fingerprint density at radius 1 is 1.00 bits per heavy atom. The molecule has 3 heterocycles. The summed E-state index contributed by atoms with van der Waals surface area (Å²) < 4.78 is 29.9. The largest absolute Gasteiger partial charge is 0.365 e. The molecular weight excluding hydrogens is 398 g/mol. The van der Waals surface area contributed by atoms with Crippen LogP contribution in [0.4, 0.5) is 5.82 Å². The Hall–Kier alpha value is -2.71. The van der Waals surface area contributed by atoms with Gasteiger partial charge in [0.25, 0.3) is 0 Å². The summed E-state index contributed by atoms with van der Waals surface area (Å²) in [6, 6.07) is 11.6. The van der Waals surface area contributed by atoms with Gasteiger partial charge in [0, 0.05) is 44.8 Å². The van der Waals surface area contributed by atoms with E-state index in [9.17, 15) is 8.42 Å². The Kier molecular flexibility index (Phi) is 6.15. The third-order valence-electron chi connectivity index (χ3n) is 5.43.